The lowest BCUT2D eigenvalue weighted by atomic mass is 9.85. The molecule has 1 heterocycles. The molecule has 1 unspecified atom stereocenters. The summed E-state index contributed by atoms with van der Waals surface area (Å²) < 4.78 is 0. The van der Waals surface area contributed by atoms with Gasteiger partial charge in [0.15, 0.2) is 11.4 Å². The van der Waals surface area contributed by atoms with Crippen molar-refractivity contribution < 1.29 is 14.7 Å². The summed E-state index contributed by atoms with van der Waals surface area (Å²) >= 11 is 0. The van der Waals surface area contributed by atoms with E-state index < -0.39 is 11.5 Å². The van der Waals surface area contributed by atoms with Gasteiger partial charge in [-0.1, -0.05) is 63.2 Å². The number of carbonyl (C=O) groups is 2. The molecule has 3 rings (SSSR count). The topological polar surface area (TPSA) is 57.6 Å². The van der Waals surface area contributed by atoms with Crippen LogP contribution in [0, 0.1) is 0 Å². The first kappa shape index (κ1) is 18.3. The Morgan fingerprint density at radius 1 is 1.08 bits per heavy atom. The lowest BCUT2D eigenvalue weighted by molar-refractivity contribution is -0.135. The SMILES string of the molecule is CCN1C(=O)C(O)(CC(=O)c2ccc(C(C)(C)C)cc2)c2ccccc21. The summed E-state index contributed by atoms with van der Waals surface area (Å²) in [6, 6.07) is 14.5. The molecule has 0 radical (unpaired) electrons. The van der Waals surface area contributed by atoms with Gasteiger partial charge in [-0.3, -0.25) is 9.59 Å². The number of para-hydroxylation sites is 1. The summed E-state index contributed by atoms with van der Waals surface area (Å²) in [5.41, 5.74) is 1.03. The molecule has 26 heavy (non-hydrogen) atoms. The lowest BCUT2D eigenvalue weighted by Gasteiger charge is -2.22. The molecule has 1 N–H and O–H groups in total. The number of carbonyl (C=O) groups excluding carboxylic acids is 2. The number of hydrogen-bond acceptors (Lipinski definition) is 3. The zero-order valence-corrected chi connectivity index (χ0v) is 15.7. The minimum Gasteiger partial charge on any atom is -0.375 e. The molecule has 0 bridgehead atoms. The van der Waals surface area contributed by atoms with Gasteiger partial charge < -0.3 is 10.0 Å². The Morgan fingerprint density at radius 2 is 1.69 bits per heavy atom. The molecule has 0 aromatic heterocycles. The van der Waals surface area contributed by atoms with Crippen molar-refractivity contribution in [2.75, 3.05) is 11.4 Å². The largest absolute Gasteiger partial charge is 0.375 e. The number of hydrogen-bond donors (Lipinski definition) is 1. The van der Waals surface area contributed by atoms with Crippen LogP contribution >= 0.6 is 0 Å². The van der Waals surface area contributed by atoms with E-state index in [-0.39, 0.29) is 17.6 Å². The molecule has 136 valence electrons. The summed E-state index contributed by atoms with van der Waals surface area (Å²) in [5, 5.41) is 11.1. The van der Waals surface area contributed by atoms with Gasteiger partial charge in [0.2, 0.25) is 0 Å². The van der Waals surface area contributed by atoms with Crippen LogP contribution in [0.15, 0.2) is 48.5 Å². The van der Waals surface area contributed by atoms with Gasteiger partial charge in [0.1, 0.15) is 0 Å². The van der Waals surface area contributed by atoms with Crippen LogP contribution in [0.25, 0.3) is 0 Å². The summed E-state index contributed by atoms with van der Waals surface area (Å²) in [7, 11) is 0. The van der Waals surface area contributed by atoms with Crippen LogP contribution in [0.1, 0.15) is 55.6 Å². The van der Waals surface area contributed by atoms with Gasteiger partial charge in [0, 0.05) is 17.7 Å². The molecule has 1 atom stereocenters. The predicted molar refractivity (Wildman–Crippen MR) is 102 cm³/mol. The third-order valence-corrected chi connectivity index (χ3v) is 5.04. The Hall–Kier alpha value is -2.46. The van der Waals surface area contributed by atoms with E-state index in [9.17, 15) is 14.7 Å². The number of rotatable bonds is 4. The first-order valence-electron chi connectivity index (χ1n) is 8.96. The number of fused-ring (bicyclic) bond motifs is 1. The zero-order chi connectivity index (χ0) is 19.1. The van der Waals surface area contributed by atoms with Gasteiger partial charge >= 0.3 is 0 Å². The number of aliphatic hydroxyl groups is 1. The van der Waals surface area contributed by atoms with Gasteiger partial charge in [-0.05, 0) is 24.0 Å². The van der Waals surface area contributed by atoms with Crippen LogP contribution in [-0.2, 0) is 15.8 Å². The van der Waals surface area contributed by atoms with Gasteiger partial charge in [-0.15, -0.1) is 0 Å². The first-order valence-corrected chi connectivity index (χ1v) is 8.96. The quantitative estimate of drug-likeness (QED) is 0.852. The fourth-order valence-electron chi connectivity index (χ4n) is 3.48. The molecular weight excluding hydrogens is 326 g/mol. The van der Waals surface area contributed by atoms with Gasteiger partial charge in [0.05, 0.1) is 12.1 Å². The van der Waals surface area contributed by atoms with E-state index in [4.69, 9.17) is 0 Å². The van der Waals surface area contributed by atoms with Crippen molar-refractivity contribution in [3.05, 3.63) is 65.2 Å². The maximum absolute atomic E-state index is 12.8. The molecule has 4 heteroatoms. The number of benzene rings is 2. The van der Waals surface area contributed by atoms with Crippen molar-refractivity contribution in [1.82, 2.24) is 0 Å². The van der Waals surface area contributed by atoms with E-state index in [0.717, 1.165) is 5.56 Å². The molecular formula is C22H25NO3. The number of anilines is 1. The van der Waals surface area contributed by atoms with E-state index in [1.807, 2.05) is 25.1 Å². The maximum atomic E-state index is 12.8. The van der Waals surface area contributed by atoms with Crippen LogP contribution in [0.4, 0.5) is 5.69 Å². The van der Waals surface area contributed by atoms with Crippen LogP contribution in [-0.4, -0.2) is 23.3 Å². The highest BCUT2D eigenvalue weighted by Crippen LogP contribution is 2.42. The van der Waals surface area contributed by atoms with Crippen molar-refractivity contribution in [3.8, 4) is 0 Å². The van der Waals surface area contributed by atoms with Crippen LogP contribution in [0.3, 0.4) is 0 Å². The molecule has 2 aromatic rings. The minimum atomic E-state index is -1.80. The Labute approximate surface area is 154 Å². The molecule has 4 nitrogen and oxygen atoms in total. The average Bonchev–Trinajstić information content (AvgIpc) is 2.82. The fourth-order valence-corrected chi connectivity index (χ4v) is 3.48. The fraction of sp³-hybridized carbons (Fsp3) is 0.364. The van der Waals surface area contributed by atoms with Crippen LogP contribution in [0.5, 0.6) is 0 Å². The highest BCUT2D eigenvalue weighted by Gasteiger charge is 2.50. The summed E-state index contributed by atoms with van der Waals surface area (Å²) in [4.78, 5) is 27.1. The van der Waals surface area contributed by atoms with E-state index >= 15 is 0 Å². The number of nitrogens with zero attached hydrogens (tertiary/aromatic N) is 1. The number of likely N-dealkylation sites (N-methyl/N-ethyl adjacent to an activating group) is 1. The van der Waals surface area contributed by atoms with Crippen molar-refractivity contribution in [1.29, 1.82) is 0 Å². The average molecular weight is 351 g/mol. The standard InChI is InChI=1S/C22H25NO3/c1-5-23-18-9-7-6-8-17(18)22(26,20(23)25)14-19(24)15-10-12-16(13-11-15)21(2,3)4/h6-13,26H,5,14H2,1-4H3. The predicted octanol–water partition coefficient (Wildman–Crippen LogP) is 3.81. The van der Waals surface area contributed by atoms with E-state index in [0.29, 0.717) is 23.4 Å². The summed E-state index contributed by atoms with van der Waals surface area (Å²) in [6.07, 6.45) is -0.256. The minimum absolute atomic E-state index is 0.00175. The van der Waals surface area contributed by atoms with Crippen LogP contribution < -0.4 is 4.90 Å². The monoisotopic (exact) mass is 351 g/mol. The third kappa shape index (κ3) is 2.95. The molecule has 0 fully saturated rings. The molecule has 1 aliphatic rings. The number of ketones is 1. The number of amides is 1. The molecule has 0 aliphatic carbocycles. The van der Waals surface area contributed by atoms with E-state index in [1.54, 1.807) is 30.3 Å². The normalized spacial score (nSPS) is 19.6. The van der Waals surface area contributed by atoms with Crippen molar-refractivity contribution in [3.63, 3.8) is 0 Å². The van der Waals surface area contributed by atoms with Crippen molar-refractivity contribution in [2.24, 2.45) is 0 Å². The van der Waals surface area contributed by atoms with E-state index in [2.05, 4.69) is 20.8 Å². The Kier molecular flexibility index (Phi) is 4.49. The Balaban J connectivity index is 1.90. The maximum Gasteiger partial charge on any atom is 0.264 e. The van der Waals surface area contributed by atoms with Crippen molar-refractivity contribution in [2.45, 2.75) is 45.1 Å². The van der Waals surface area contributed by atoms with Crippen LogP contribution in [0.2, 0.25) is 0 Å². The number of Topliss-reactive ketones (excluding diaryl/α,β-unsaturated/α-hetero) is 1. The van der Waals surface area contributed by atoms with E-state index in [1.165, 1.54) is 4.90 Å². The highest BCUT2D eigenvalue weighted by atomic mass is 16.3. The summed E-state index contributed by atoms with van der Waals surface area (Å²) in [5.74, 6) is -0.671. The zero-order valence-electron chi connectivity index (χ0n) is 15.7. The van der Waals surface area contributed by atoms with Gasteiger partial charge in [-0.2, -0.15) is 0 Å². The summed E-state index contributed by atoms with van der Waals surface area (Å²) in [6.45, 7) is 8.64. The lowest BCUT2D eigenvalue weighted by Crippen LogP contribution is -2.41. The molecule has 1 aliphatic heterocycles. The Bertz CT molecular complexity index is 848. The molecule has 2 aromatic carbocycles. The smallest absolute Gasteiger partial charge is 0.264 e. The molecule has 0 saturated carbocycles. The van der Waals surface area contributed by atoms with Gasteiger partial charge in [-0.25, -0.2) is 0 Å². The first-order chi connectivity index (χ1) is 12.2. The third-order valence-electron chi connectivity index (χ3n) is 5.04. The molecule has 1 amide bonds. The second kappa shape index (κ2) is 6.36. The molecule has 0 saturated heterocycles. The van der Waals surface area contributed by atoms with Gasteiger partial charge in [0.25, 0.3) is 5.91 Å². The highest BCUT2D eigenvalue weighted by molar-refractivity contribution is 6.10. The second-order valence-corrected chi connectivity index (χ2v) is 7.85. The molecule has 0 spiro atoms. The Morgan fingerprint density at radius 3 is 2.27 bits per heavy atom. The van der Waals surface area contributed by atoms with Crippen molar-refractivity contribution >= 4 is 17.4 Å². The second-order valence-electron chi connectivity index (χ2n) is 7.85.